The molecular formula is C11H17ClN2S. The summed E-state index contributed by atoms with van der Waals surface area (Å²) in [4.78, 5) is 0. The summed E-state index contributed by atoms with van der Waals surface area (Å²) in [5.74, 6) is 1.53. The van der Waals surface area contributed by atoms with Gasteiger partial charge in [0.1, 0.15) is 10.0 Å². The van der Waals surface area contributed by atoms with E-state index in [1.54, 1.807) is 11.3 Å². The van der Waals surface area contributed by atoms with Gasteiger partial charge < -0.3 is 0 Å². The molecule has 1 fully saturated rings. The Balaban J connectivity index is 2.03. The Bertz CT molecular complexity index is 316. The van der Waals surface area contributed by atoms with E-state index < -0.39 is 0 Å². The van der Waals surface area contributed by atoms with Crippen LogP contribution in [-0.2, 0) is 0 Å². The second kappa shape index (κ2) is 4.79. The van der Waals surface area contributed by atoms with Crippen molar-refractivity contribution in [1.82, 2.24) is 10.2 Å². The Morgan fingerprint density at radius 1 is 1.27 bits per heavy atom. The first kappa shape index (κ1) is 11.3. The molecule has 1 atom stereocenters. The van der Waals surface area contributed by atoms with Crippen LogP contribution in [0.15, 0.2) is 0 Å². The quantitative estimate of drug-likeness (QED) is 0.731. The molecule has 0 spiro atoms. The molecular weight excluding hydrogens is 228 g/mol. The van der Waals surface area contributed by atoms with Crippen molar-refractivity contribution in [2.45, 2.75) is 50.8 Å². The standard InChI is InChI=1S/C11H17ClN2S/c1-7-3-5-9(6-4-7)11-14-13-10(15-11)8(2)12/h7-9H,3-6H2,1-2H3. The molecule has 2 rings (SSSR count). The third kappa shape index (κ3) is 2.70. The van der Waals surface area contributed by atoms with Crippen LogP contribution in [0.5, 0.6) is 0 Å². The Hall–Kier alpha value is -0.150. The van der Waals surface area contributed by atoms with E-state index in [2.05, 4.69) is 17.1 Å². The Morgan fingerprint density at radius 2 is 1.93 bits per heavy atom. The first-order chi connectivity index (χ1) is 7.16. The molecule has 4 heteroatoms. The van der Waals surface area contributed by atoms with Crippen LogP contribution in [0, 0.1) is 5.92 Å². The highest BCUT2D eigenvalue weighted by molar-refractivity contribution is 7.11. The molecule has 1 aromatic rings. The summed E-state index contributed by atoms with van der Waals surface area (Å²) in [7, 11) is 0. The molecule has 1 aliphatic rings. The third-order valence-corrected chi connectivity index (χ3v) is 4.77. The summed E-state index contributed by atoms with van der Waals surface area (Å²) in [6, 6.07) is 0. The van der Waals surface area contributed by atoms with E-state index in [4.69, 9.17) is 11.6 Å². The number of hydrogen-bond acceptors (Lipinski definition) is 3. The van der Waals surface area contributed by atoms with Gasteiger partial charge in [-0.15, -0.1) is 21.8 Å². The normalized spacial score (nSPS) is 29.0. The minimum atomic E-state index is -0.00114. The van der Waals surface area contributed by atoms with E-state index in [1.807, 2.05) is 6.92 Å². The lowest BCUT2D eigenvalue weighted by atomic mass is 9.83. The molecule has 84 valence electrons. The Labute approximate surface area is 100 Å². The number of nitrogens with zero attached hydrogens (tertiary/aromatic N) is 2. The van der Waals surface area contributed by atoms with Gasteiger partial charge in [0.25, 0.3) is 0 Å². The lowest BCUT2D eigenvalue weighted by Gasteiger charge is -2.23. The van der Waals surface area contributed by atoms with Gasteiger partial charge in [0.15, 0.2) is 0 Å². The fourth-order valence-corrected chi connectivity index (χ4v) is 3.20. The summed E-state index contributed by atoms with van der Waals surface area (Å²) >= 11 is 7.68. The SMILES string of the molecule is CC1CCC(c2nnc(C(C)Cl)s2)CC1. The summed E-state index contributed by atoms with van der Waals surface area (Å²) in [6.07, 6.45) is 5.20. The summed E-state index contributed by atoms with van der Waals surface area (Å²) in [5, 5.41) is 10.6. The van der Waals surface area contributed by atoms with Crippen molar-refractivity contribution in [2.24, 2.45) is 5.92 Å². The van der Waals surface area contributed by atoms with E-state index in [1.165, 1.54) is 30.7 Å². The van der Waals surface area contributed by atoms with Crippen molar-refractivity contribution in [3.63, 3.8) is 0 Å². The number of halogens is 1. The maximum atomic E-state index is 5.99. The van der Waals surface area contributed by atoms with Gasteiger partial charge in [-0.25, -0.2) is 0 Å². The van der Waals surface area contributed by atoms with E-state index in [-0.39, 0.29) is 5.38 Å². The highest BCUT2D eigenvalue weighted by Gasteiger charge is 2.23. The fourth-order valence-electron chi connectivity index (χ4n) is 2.08. The minimum Gasteiger partial charge on any atom is -0.143 e. The Kier molecular flexibility index (Phi) is 3.62. The lowest BCUT2D eigenvalue weighted by molar-refractivity contribution is 0.346. The molecule has 0 aliphatic heterocycles. The van der Waals surface area contributed by atoms with Crippen molar-refractivity contribution < 1.29 is 0 Å². The van der Waals surface area contributed by atoms with Gasteiger partial charge in [-0.2, -0.15) is 0 Å². The van der Waals surface area contributed by atoms with Gasteiger partial charge in [-0.3, -0.25) is 0 Å². The van der Waals surface area contributed by atoms with Crippen molar-refractivity contribution in [2.75, 3.05) is 0 Å². The van der Waals surface area contributed by atoms with E-state index in [0.717, 1.165) is 10.9 Å². The monoisotopic (exact) mass is 244 g/mol. The van der Waals surface area contributed by atoms with Crippen LogP contribution in [-0.4, -0.2) is 10.2 Å². The molecule has 0 N–H and O–H groups in total. The molecule has 1 aromatic heterocycles. The second-order valence-electron chi connectivity index (χ2n) is 4.55. The van der Waals surface area contributed by atoms with Crippen LogP contribution in [0.4, 0.5) is 0 Å². The molecule has 0 amide bonds. The lowest BCUT2D eigenvalue weighted by Crippen LogP contribution is -2.10. The van der Waals surface area contributed by atoms with Crippen LogP contribution in [0.3, 0.4) is 0 Å². The predicted octanol–water partition coefficient (Wildman–Crippen LogP) is 4.13. The van der Waals surface area contributed by atoms with Crippen LogP contribution >= 0.6 is 22.9 Å². The zero-order valence-corrected chi connectivity index (χ0v) is 10.8. The van der Waals surface area contributed by atoms with Gasteiger partial charge in [0, 0.05) is 5.92 Å². The smallest absolute Gasteiger partial charge is 0.135 e. The average Bonchev–Trinajstić information content (AvgIpc) is 2.68. The highest BCUT2D eigenvalue weighted by atomic mass is 35.5. The van der Waals surface area contributed by atoms with Crippen LogP contribution in [0.1, 0.15) is 60.8 Å². The zero-order valence-electron chi connectivity index (χ0n) is 9.24. The largest absolute Gasteiger partial charge is 0.143 e. The number of aromatic nitrogens is 2. The number of rotatable bonds is 2. The maximum absolute atomic E-state index is 5.99. The summed E-state index contributed by atoms with van der Waals surface area (Å²) in [6.45, 7) is 4.29. The van der Waals surface area contributed by atoms with Crippen LogP contribution in [0.2, 0.25) is 0 Å². The Morgan fingerprint density at radius 3 is 2.47 bits per heavy atom. The zero-order chi connectivity index (χ0) is 10.8. The van der Waals surface area contributed by atoms with Gasteiger partial charge >= 0.3 is 0 Å². The summed E-state index contributed by atoms with van der Waals surface area (Å²) < 4.78 is 0. The van der Waals surface area contributed by atoms with Crippen molar-refractivity contribution in [3.8, 4) is 0 Å². The first-order valence-electron chi connectivity index (χ1n) is 5.64. The number of alkyl halides is 1. The molecule has 1 heterocycles. The van der Waals surface area contributed by atoms with E-state index >= 15 is 0 Å². The minimum absolute atomic E-state index is 0.00114. The van der Waals surface area contributed by atoms with E-state index in [9.17, 15) is 0 Å². The molecule has 1 saturated carbocycles. The molecule has 0 bridgehead atoms. The van der Waals surface area contributed by atoms with Gasteiger partial charge in [0.2, 0.25) is 0 Å². The van der Waals surface area contributed by atoms with Crippen molar-refractivity contribution in [3.05, 3.63) is 10.0 Å². The molecule has 15 heavy (non-hydrogen) atoms. The van der Waals surface area contributed by atoms with Crippen molar-refractivity contribution >= 4 is 22.9 Å². The molecule has 1 aliphatic carbocycles. The molecule has 1 unspecified atom stereocenters. The van der Waals surface area contributed by atoms with Gasteiger partial charge in [-0.1, -0.05) is 31.1 Å². The fraction of sp³-hybridized carbons (Fsp3) is 0.818. The van der Waals surface area contributed by atoms with Crippen LogP contribution in [0.25, 0.3) is 0 Å². The predicted molar refractivity (Wildman–Crippen MR) is 64.6 cm³/mol. The average molecular weight is 245 g/mol. The highest BCUT2D eigenvalue weighted by Crippen LogP contribution is 2.37. The third-order valence-electron chi connectivity index (χ3n) is 3.16. The van der Waals surface area contributed by atoms with Crippen LogP contribution < -0.4 is 0 Å². The maximum Gasteiger partial charge on any atom is 0.135 e. The molecule has 2 nitrogen and oxygen atoms in total. The summed E-state index contributed by atoms with van der Waals surface area (Å²) in [5.41, 5.74) is 0. The van der Waals surface area contributed by atoms with E-state index in [0.29, 0.717) is 5.92 Å². The van der Waals surface area contributed by atoms with Crippen molar-refractivity contribution in [1.29, 1.82) is 0 Å². The molecule has 0 saturated heterocycles. The van der Waals surface area contributed by atoms with Gasteiger partial charge in [-0.05, 0) is 25.7 Å². The first-order valence-corrected chi connectivity index (χ1v) is 6.89. The molecule has 0 radical (unpaired) electrons. The topological polar surface area (TPSA) is 25.8 Å². The number of hydrogen-bond donors (Lipinski definition) is 0. The second-order valence-corrected chi connectivity index (χ2v) is 6.25. The molecule has 0 aromatic carbocycles. The van der Waals surface area contributed by atoms with Gasteiger partial charge in [0.05, 0.1) is 5.38 Å².